The van der Waals surface area contributed by atoms with E-state index in [1.54, 1.807) is 0 Å². The van der Waals surface area contributed by atoms with E-state index in [4.69, 9.17) is 0 Å². The van der Waals surface area contributed by atoms with E-state index < -0.39 is 0 Å². The summed E-state index contributed by atoms with van der Waals surface area (Å²) >= 11 is 0. The molecule has 0 radical (unpaired) electrons. The highest BCUT2D eigenvalue weighted by Gasteiger charge is 2.23. The lowest BCUT2D eigenvalue weighted by Gasteiger charge is -2.37. The molecule has 3 unspecified atom stereocenters. The van der Waals surface area contributed by atoms with Gasteiger partial charge in [-0.1, -0.05) is 31.2 Å². The second kappa shape index (κ2) is 6.53. The molecule has 0 spiro atoms. The zero-order valence-corrected chi connectivity index (χ0v) is 12.5. The number of hydrogen-bond acceptors (Lipinski definition) is 2. The molecule has 1 aliphatic heterocycles. The van der Waals surface area contributed by atoms with E-state index in [0.29, 0.717) is 6.04 Å². The van der Waals surface area contributed by atoms with E-state index in [9.17, 15) is 5.11 Å². The van der Waals surface area contributed by atoms with Crippen LogP contribution in [0.25, 0.3) is 0 Å². The number of piperidine rings is 1. The fourth-order valence-electron chi connectivity index (χ4n) is 3.10. The van der Waals surface area contributed by atoms with Crippen molar-refractivity contribution in [3.05, 3.63) is 35.4 Å². The van der Waals surface area contributed by atoms with Crippen molar-refractivity contribution in [2.75, 3.05) is 13.1 Å². The average molecular weight is 261 g/mol. The van der Waals surface area contributed by atoms with E-state index in [1.165, 1.54) is 24.9 Å². The van der Waals surface area contributed by atoms with Gasteiger partial charge in [0.1, 0.15) is 0 Å². The van der Waals surface area contributed by atoms with Crippen LogP contribution in [-0.4, -0.2) is 29.1 Å². The number of benzene rings is 1. The molecule has 1 fully saturated rings. The Hall–Kier alpha value is -0.860. The number of aliphatic hydroxyl groups is 1. The fraction of sp³-hybridized carbons (Fsp3) is 0.647. The number of hydrogen-bond donors (Lipinski definition) is 1. The standard InChI is InChI=1S/C17H27NO/c1-13-8-9-15(3)18(12-13)11-10-17(19)16-7-5-4-6-14(16)2/h4-7,13,15,17,19H,8-12H2,1-3H3. The lowest BCUT2D eigenvalue weighted by Crippen LogP contribution is -2.41. The Morgan fingerprint density at radius 1 is 1.26 bits per heavy atom. The predicted octanol–water partition coefficient (Wildman–Crippen LogP) is 3.54. The van der Waals surface area contributed by atoms with Gasteiger partial charge in [0.25, 0.3) is 0 Å². The quantitative estimate of drug-likeness (QED) is 0.896. The molecule has 2 rings (SSSR count). The smallest absolute Gasteiger partial charge is 0.0804 e. The topological polar surface area (TPSA) is 23.5 Å². The maximum Gasteiger partial charge on any atom is 0.0804 e. The van der Waals surface area contributed by atoms with Crippen LogP contribution in [0.1, 0.15) is 50.3 Å². The number of rotatable bonds is 4. The van der Waals surface area contributed by atoms with Crippen LogP contribution < -0.4 is 0 Å². The number of nitrogens with zero attached hydrogens (tertiary/aromatic N) is 1. The van der Waals surface area contributed by atoms with Gasteiger partial charge in [-0.25, -0.2) is 0 Å². The van der Waals surface area contributed by atoms with E-state index in [1.807, 2.05) is 18.2 Å². The minimum Gasteiger partial charge on any atom is -0.388 e. The summed E-state index contributed by atoms with van der Waals surface area (Å²) < 4.78 is 0. The van der Waals surface area contributed by atoms with Crippen LogP contribution in [0.15, 0.2) is 24.3 Å². The summed E-state index contributed by atoms with van der Waals surface area (Å²) in [6, 6.07) is 8.82. The van der Waals surface area contributed by atoms with Gasteiger partial charge in [-0.15, -0.1) is 0 Å². The van der Waals surface area contributed by atoms with Crippen LogP contribution >= 0.6 is 0 Å². The second-order valence-corrected chi connectivity index (χ2v) is 6.19. The van der Waals surface area contributed by atoms with Gasteiger partial charge in [0.15, 0.2) is 0 Å². The predicted molar refractivity (Wildman–Crippen MR) is 80.2 cm³/mol. The Labute approximate surface area is 117 Å². The highest BCUT2D eigenvalue weighted by molar-refractivity contribution is 5.27. The van der Waals surface area contributed by atoms with Crippen molar-refractivity contribution < 1.29 is 5.11 Å². The molecule has 1 heterocycles. The Bertz CT molecular complexity index is 404. The molecule has 1 aromatic rings. The first-order chi connectivity index (χ1) is 9.08. The second-order valence-electron chi connectivity index (χ2n) is 6.19. The Morgan fingerprint density at radius 3 is 2.74 bits per heavy atom. The largest absolute Gasteiger partial charge is 0.388 e. The highest BCUT2D eigenvalue weighted by atomic mass is 16.3. The molecule has 1 saturated heterocycles. The van der Waals surface area contributed by atoms with Crippen molar-refractivity contribution in [3.63, 3.8) is 0 Å². The first-order valence-electron chi connectivity index (χ1n) is 7.55. The Morgan fingerprint density at radius 2 is 2.00 bits per heavy atom. The maximum absolute atomic E-state index is 10.4. The SMILES string of the molecule is Cc1ccccc1C(O)CCN1CC(C)CCC1C. The molecule has 0 aromatic heterocycles. The normalized spacial score (nSPS) is 26.3. The summed E-state index contributed by atoms with van der Waals surface area (Å²) in [5, 5.41) is 10.4. The summed E-state index contributed by atoms with van der Waals surface area (Å²) in [7, 11) is 0. The molecule has 0 amide bonds. The molecule has 0 saturated carbocycles. The molecule has 0 aliphatic carbocycles. The van der Waals surface area contributed by atoms with Gasteiger partial charge in [0.2, 0.25) is 0 Å². The summed E-state index contributed by atoms with van der Waals surface area (Å²) in [5.41, 5.74) is 2.27. The summed E-state index contributed by atoms with van der Waals surface area (Å²) in [6.45, 7) is 8.90. The van der Waals surface area contributed by atoms with Crippen LogP contribution in [0.3, 0.4) is 0 Å². The summed E-state index contributed by atoms with van der Waals surface area (Å²) in [6.07, 6.45) is 3.15. The monoisotopic (exact) mass is 261 g/mol. The van der Waals surface area contributed by atoms with Gasteiger partial charge in [-0.05, 0) is 50.2 Å². The minimum absolute atomic E-state index is 0.328. The van der Waals surface area contributed by atoms with Crippen molar-refractivity contribution in [3.8, 4) is 0 Å². The third-order valence-electron chi connectivity index (χ3n) is 4.48. The average Bonchev–Trinajstić information content (AvgIpc) is 2.40. The third-order valence-corrected chi connectivity index (χ3v) is 4.48. The highest BCUT2D eigenvalue weighted by Crippen LogP contribution is 2.25. The van der Waals surface area contributed by atoms with Gasteiger partial charge >= 0.3 is 0 Å². The zero-order chi connectivity index (χ0) is 13.8. The zero-order valence-electron chi connectivity index (χ0n) is 12.5. The molecule has 2 heteroatoms. The van der Waals surface area contributed by atoms with E-state index in [-0.39, 0.29) is 6.10 Å². The molecular formula is C17H27NO. The van der Waals surface area contributed by atoms with Crippen LogP contribution in [0.2, 0.25) is 0 Å². The minimum atomic E-state index is -0.328. The Balaban J connectivity index is 1.89. The van der Waals surface area contributed by atoms with Crippen molar-refractivity contribution in [2.45, 2.75) is 52.2 Å². The fourth-order valence-corrected chi connectivity index (χ4v) is 3.10. The molecule has 2 nitrogen and oxygen atoms in total. The molecule has 1 aliphatic rings. The number of likely N-dealkylation sites (tertiary alicyclic amines) is 1. The lowest BCUT2D eigenvalue weighted by atomic mass is 9.94. The number of aryl methyl sites for hydroxylation is 1. The summed E-state index contributed by atoms with van der Waals surface area (Å²) in [4.78, 5) is 2.54. The van der Waals surface area contributed by atoms with Gasteiger partial charge in [-0.3, -0.25) is 0 Å². The maximum atomic E-state index is 10.4. The van der Waals surface area contributed by atoms with Crippen LogP contribution in [0.4, 0.5) is 0 Å². The first-order valence-corrected chi connectivity index (χ1v) is 7.55. The molecule has 0 bridgehead atoms. The van der Waals surface area contributed by atoms with Gasteiger partial charge in [-0.2, -0.15) is 0 Å². The lowest BCUT2D eigenvalue weighted by molar-refractivity contribution is 0.0905. The van der Waals surface area contributed by atoms with E-state index in [0.717, 1.165) is 24.4 Å². The van der Waals surface area contributed by atoms with Crippen LogP contribution in [0, 0.1) is 12.8 Å². The molecule has 106 valence electrons. The van der Waals surface area contributed by atoms with Crippen LogP contribution in [-0.2, 0) is 0 Å². The van der Waals surface area contributed by atoms with Crippen molar-refractivity contribution >= 4 is 0 Å². The van der Waals surface area contributed by atoms with Gasteiger partial charge in [0.05, 0.1) is 6.10 Å². The molecule has 3 atom stereocenters. The van der Waals surface area contributed by atoms with Gasteiger partial charge < -0.3 is 10.0 Å². The molecular weight excluding hydrogens is 234 g/mol. The van der Waals surface area contributed by atoms with E-state index in [2.05, 4.69) is 31.7 Å². The molecule has 1 N–H and O–H groups in total. The van der Waals surface area contributed by atoms with Crippen molar-refractivity contribution in [1.29, 1.82) is 0 Å². The first kappa shape index (κ1) is 14.5. The Kier molecular flexibility index (Phi) is 5.00. The molecule has 1 aromatic carbocycles. The third kappa shape index (κ3) is 3.80. The van der Waals surface area contributed by atoms with Crippen molar-refractivity contribution in [1.82, 2.24) is 4.90 Å². The molecule has 19 heavy (non-hydrogen) atoms. The number of aliphatic hydroxyl groups excluding tert-OH is 1. The van der Waals surface area contributed by atoms with Crippen LogP contribution in [0.5, 0.6) is 0 Å². The van der Waals surface area contributed by atoms with Crippen molar-refractivity contribution in [2.24, 2.45) is 5.92 Å². The summed E-state index contributed by atoms with van der Waals surface area (Å²) in [5.74, 6) is 0.798. The van der Waals surface area contributed by atoms with Gasteiger partial charge in [0, 0.05) is 19.1 Å². The van der Waals surface area contributed by atoms with E-state index >= 15 is 0 Å².